The molecule has 162 valence electrons. The van der Waals surface area contributed by atoms with Crippen molar-refractivity contribution in [2.45, 2.75) is 24.7 Å². The minimum atomic E-state index is -3.99. The number of nitrogens with one attached hydrogen (secondary N) is 2. The van der Waals surface area contributed by atoms with Gasteiger partial charge in [-0.2, -0.15) is 0 Å². The van der Waals surface area contributed by atoms with Crippen LogP contribution in [0.5, 0.6) is 5.75 Å². The fraction of sp³-hybridized carbons (Fsp3) is 0.143. The molecule has 0 fully saturated rings. The van der Waals surface area contributed by atoms with E-state index in [-0.39, 0.29) is 40.6 Å². The Labute approximate surface area is 188 Å². The van der Waals surface area contributed by atoms with E-state index in [0.29, 0.717) is 9.90 Å². The lowest BCUT2D eigenvalue weighted by Gasteiger charge is -2.12. The van der Waals surface area contributed by atoms with E-state index < -0.39 is 15.9 Å². The number of amides is 1. The molecule has 31 heavy (non-hydrogen) atoms. The molecule has 7 nitrogen and oxygen atoms in total. The molecule has 0 radical (unpaired) electrons. The van der Waals surface area contributed by atoms with Gasteiger partial charge in [0.05, 0.1) is 21.1 Å². The highest BCUT2D eigenvalue weighted by atomic mass is 35.5. The molecule has 2 aromatic carbocycles. The van der Waals surface area contributed by atoms with Crippen LogP contribution in [0.3, 0.4) is 0 Å². The van der Waals surface area contributed by atoms with Crippen LogP contribution in [-0.4, -0.2) is 25.2 Å². The second-order valence-corrected chi connectivity index (χ2v) is 10.1. The van der Waals surface area contributed by atoms with Gasteiger partial charge in [0.1, 0.15) is 5.75 Å². The van der Waals surface area contributed by atoms with Gasteiger partial charge in [-0.05, 0) is 55.5 Å². The molecule has 3 rings (SSSR count). The third-order valence-electron chi connectivity index (χ3n) is 4.22. The molecule has 0 unspecified atom stereocenters. The van der Waals surface area contributed by atoms with Crippen LogP contribution in [0.4, 0.5) is 11.4 Å². The lowest BCUT2D eigenvalue weighted by Crippen LogP contribution is -2.15. The van der Waals surface area contributed by atoms with Gasteiger partial charge >= 0.3 is 0 Å². The maximum absolute atomic E-state index is 12.6. The van der Waals surface area contributed by atoms with Crippen LogP contribution < -0.4 is 10.0 Å². The normalized spacial score (nSPS) is 11.2. The summed E-state index contributed by atoms with van der Waals surface area (Å²) in [7, 11) is -3.99. The van der Waals surface area contributed by atoms with Crippen LogP contribution in [0.2, 0.25) is 5.02 Å². The highest BCUT2D eigenvalue weighted by Crippen LogP contribution is 2.28. The standard InChI is InChI=1S/C21H19ClN2O5S2/c1-13-5-9-20(30-13)19(26)8-10-21(27)23-17-12-16(6-7-18(17)25)31(28,29)24-15-4-2-3-14(22)11-15/h2-7,9,11-12,24-25H,8,10H2,1H3,(H,23,27). The lowest BCUT2D eigenvalue weighted by molar-refractivity contribution is -0.116. The number of ketones is 1. The smallest absolute Gasteiger partial charge is 0.261 e. The summed E-state index contributed by atoms with van der Waals surface area (Å²) < 4.78 is 27.7. The summed E-state index contributed by atoms with van der Waals surface area (Å²) in [6.45, 7) is 1.89. The largest absolute Gasteiger partial charge is 0.506 e. The third-order valence-corrected chi connectivity index (χ3v) is 6.88. The van der Waals surface area contributed by atoms with Crippen molar-refractivity contribution in [2.75, 3.05) is 10.0 Å². The third kappa shape index (κ3) is 6.06. The minimum Gasteiger partial charge on any atom is -0.506 e. The van der Waals surface area contributed by atoms with Crippen LogP contribution in [0.1, 0.15) is 27.4 Å². The zero-order valence-electron chi connectivity index (χ0n) is 16.4. The van der Waals surface area contributed by atoms with Gasteiger partial charge in [0, 0.05) is 22.7 Å². The summed E-state index contributed by atoms with van der Waals surface area (Å²) in [5.74, 6) is -0.968. The van der Waals surface area contributed by atoms with E-state index in [1.807, 2.05) is 13.0 Å². The monoisotopic (exact) mass is 478 g/mol. The van der Waals surface area contributed by atoms with Gasteiger partial charge in [0.25, 0.3) is 10.0 Å². The van der Waals surface area contributed by atoms with Gasteiger partial charge in [-0.25, -0.2) is 8.42 Å². The first-order chi connectivity index (χ1) is 14.6. The summed E-state index contributed by atoms with van der Waals surface area (Å²) >= 11 is 7.23. The maximum Gasteiger partial charge on any atom is 0.261 e. The maximum atomic E-state index is 12.6. The zero-order chi connectivity index (χ0) is 22.6. The zero-order valence-corrected chi connectivity index (χ0v) is 18.8. The first-order valence-electron chi connectivity index (χ1n) is 9.15. The molecule has 0 spiro atoms. The van der Waals surface area contributed by atoms with E-state index in [4.69, 9.17) is 11.6 Å². The number of anilines is 2. The quantitative estimate of drug-likeness (QED) is 0.317. The topological polar surface area (TPSA) is 113 Å². The van der Waals surface area contributed by atoms with E-state index >= 15 is 0 Å². The number of hydrogen-bond donors (Lipinski definition) is 3. The highest BCUT2D eigenvalue weighted by molar-refractivity contribution is 7.92. The van der Waals surface area contributed by atoms with Crippen molar-refractivity contribution in [2.24, 2.45) is 0 Å². The number of phenolic OH excluding ortho intramolecular Hbond substituents is 1. The summed E-state index contributed by atoms with van der Waals surface area (Å²) in [5.41, 5.74) is 0.201. The van der Waals surface area contributed by atoms with Gasteiger partial charge < -0.3 is 10.4 Å². The second-order valence-electron chi connectivity index (χ2n) is 6.68. The lowest BCUT2D eigenvalue weighted by atomic mass is 10.2. The van der Waals surface area contributed by atoms with Crippen molar-refractivity contribution < 1.29 is 23.1 Å². The highest BCUT2D eigenvalue weighted by Gasteiger charge is 2.18. The molecule has 0 saturated carbocycles. The van der Waals surface area contributed by atoms with Crippen LogP contribution in [0, 0.1) is 6.92 Å². The molecular weight excluding hydrogens is 460 g/mol. The Bertz CT molecular complexity index is 1240. The van der Waals surface area contributed by atoms with Gasteiger partial charge in [0.15, 0.2) is 5.78 Å². The molecule has 1 aromatic heterocycles. The van der Waals surface area contributed by atoms with E-state index in [1.165, 1.54) is 29.5 Å². The summed E-state index contributed by atoms with van der Waals surface area (Å²) in [6.07, 6.45) is -0.103. The van der Waals surface area contributed by atoms with Crippen LogP contribution in [0.15, 0.2) is 59.5 Å². The predicted octanol–water partition coefficient (Wildman–Crippen LogP) is 4.82. The summed E-state index contributed by atoms with van der Waals surface area (Å²) in [4.78, 5) is 25.8. The molecule has 3 N–H and O–H groups in total. The average molecular weight is 479 g/mol. The van der Waals surface area contributed by atoms with Gasteiger partial charge in [0.2, 0.25) is 5.91 Å². The molecule has 1 heterocycles. The predicted molar refractivity (Wildman–Crippen MR) is 122 cm³/mol. The first-order valence-corrected chi connectivity index (χ1v) is 11.8. The fourth-order valence-electron chi connectivity index (χ4n) is 2.70. The van der Waals surface area contributed by atoms with Crippen molar-refractivity contribution in [3.05, 3.63) is 69.4 Å². The number of hydrogen-bond acceptors (Lipinski definition) is 6. The molecule has 0 aliphatic heterocycles. The number of benzene rings is 2. The van der Waals surface area contributed by atoms with Crippen molar-refractivity contribution >= 4 is 56.0 Å². The van der Waals surface area contributed by atoms with Crippen LogP contribution >= 0.6 is 22.9 Å². The van der Waals surface area contributed by atoms with E-state index in [2.05, 4.69) is 10.0 Å². The molecule has 0 saturated heterocycles. The molecule has 1 amide bonds. The first kappa shape index (κ1) is 22.8. The van der Waals surface area contributed by atoms with E-state index in [1.54, 1.807) is 24.3 Å². The Morgan fingerprint density at radius 2 is 1.84 bits per heavy atom. The van der Waals surface area contributed by atoms with Crippen molar-refractivity contribution in [3.63, 3.8) is 0 Å². The summed E-state index contributed by atoms with van der Waals surface area (Å²) in [6, 6.07) is 13.3. The van der Waals surface area contributed by atoms with Crippen LogP contribution in [0.25, 0.3) is 0 Å². The van der Waals surface area contributed by atoms with Gasteiger partial charge in [-0.1, -0.05) is 17.7 Å². The van der Waals surface area contributed by atoms with Crippen molar-refractivity contribution in [1.29, 1.82) is 0 Å². The molecule has 0 bridgehead atoms. The molecule has 3 aromatic rings. The number of phenols is 1. The number of carbonyl (C=O) groups is 2. The van der Waals surface area contributed by atoms with E-state index in [0.717, 1.165) is 10.9 Å². The average Bonchev–Trinajstić information content (AvgIpc) is 3.14. The van der Waals surface area contributed by atoms with Crippen molar-refractivity contribution in [3.8, 4) is 5.75 Å². The number of aryl methyl sites for hydroxylation is 1. The number of thiophene rings is 1. The minimum absolute atomic E-state index is 0.000853. The number of carbonyl (C=O) groups excluding carboxylic acids is 2. The number of aromatic hydroxyl groups is 1. The fourth-order valence-corrected chi connectivity index (χ4v) is 4.80. The van der Waals surface area contributed by atoms with Crippen LogP contribution in [-0.2, 0) is 14.8 Å². The Hall–Kier alpha value is -2.88. The van der Waals surface area contributed by atoms with E-state index in [9.17, 15) is 23.1 Å². The Balaban J connectivity index is 1.68. The number of halogens is 1. The molecular formula is C21H19ClN2O5S2. The van der Waals surface area contributed by atoms with Gasteiger partial charge in [-0.3, -0.25) is 14.3 Å². The Kier molecular flexibility index (Phi) is 6.99. The number of Topliss-reactive ketones (excluding diaryl/α,β-unsaturated/α-hetero) is 1. The summed E-state index contributed by atoms with van der Waals surface area (Å²) in [5, 5.41) is 12.8. The van der Waals surface area contributed by atoms with Gasteiger partial charge in [-0.15, -0.1) is 11.3 Å². The second kappa shape index (κ2) is 9.51. The van der Waals surface area contributed by atoms with Crippen molar-refractivity contribution in [1.82, 2.24) is 0 Å². The number of sulfonamides is 1. The molecule has 10 heteroatoms. The Morgan fingerprint density at radius 1 is 1.06 bits per heavy atom. The molecule has 0 aliphatic carbocycles. The number of rotatable bonds is 8. The molecule has 0 aliphatic rings. The molecule has 0 atom stereocenters. The SMILES string of the molecule is Cc1ccc(C(=O)CCC(=O)Nc2cc(S(=O)(=O)Nc3cccc(Cl)c3)ccc2O)s1. The Morgan fingerprint density at radius 3 is 2.52 bits per heavy atom.